The average Bonchev–Trinajstić information content (AvgIpc) is 2.86. The molecule has 9 atom stereocenters. The number of alkyl halides is 1. The molecule has 4 rings (SSSR count). The predicted octanol–water partition coefficient (Wildman–Crippen LogP) is 3.90. The quantitative estimate of drug-likeness (QED) is 0.501. The van der Waals surface area contributed by atoms with Gasteiger partial charge in [-0.1, -0.05) is 19.9 Å². The first-order chi connectivity index (χ1) is 13.4. The molecule has 0 aromatic rings. The molecule has 0 spiro atoms. The van der Waals surface area contributed by atoms with E-state index < -0.39 is 56.9 Å². The highest BCUT2D eigenvalue weighted by atomic mass is 32.1. The summed E-state index contributed by atoms with van der Waals surface area (Å²) in [6.45, 7) is 5.16. The summed E-state index contributed by atoms with van der Waals surface area (Å²) in [5, 5.41) is 10.8. The van der Waals surface area contributed by atoms with Crippen molar-refractivity contribution in [2.75, 3.05) is 0 Å². The molecule has 2 fully saturated rings. The zero-order chi connectivity index (χ0) is 21.6. The fourth-order valence-corrected chi connectivity index (χ4v) is 7.85. The Labute approximate surface area is 177 Å². The Bertz CT molecular complexity index is 862. The number of ketones is 1. The van der Waals surface area contributed by atoms with E-state index in [1.807, 2.05) is 0 Å². The Hall–Kier alpha value is -0.620. The second-order valence-electron chi connectivity index (χ2n) is 9.70. The summed E-state index contributed by atoms with van der Waals surface area (Å²) in [7, 11) is 2.10. The van der Waals surface area contributed by atoms with Gasteiger partial charge in [-0.25, -0.2) is 8.78 Å². The molecule has 3 unspecified atom stereocenters. The van der Waals surface area contributed by atoms with Crippen LogP contribution in [0, 0.1) is 28.6 Å². The lowest BCUT2D eigenvalue weighted by molar-refractivity contribution is -0.205. The summed E-state index contributed by atoms with van der Waals surface area (Å²) < 4.78 is 38.0. The maximum Gasteiger partial charge on any atom is 0.218 e. The topological polar surface area (TPSA) is 63.6 Å². The third kappa shape index (κ3) is 2.36. The van der Waals surface area contributed by atoms with E-state index in [1.165, 1.54) is 12.2 Å². The first-order valence-corrected chi connectivity index (χ1v) is 10.9. The van der Waals surface area contributed by atoms with Crippen LogP contribution in [0.1, 0.15) is 46.5 Å². The Morgan fingerprint density at radius 3 is 2.62 bits per heavy atom. The molecular formula is C21H27F2O4PS. The Kier molecular flexibility index (Phi) is 4.80. The van der Waals surface area contributed by atoms with Crippen LogP contribution >= 0.6 is 22.1 Å². The molecule has 0 aromatic carbocycles. The maximum atomic E-state index is 17.2. The van der Waals surface area contributed by atoms with Crippen LogP contribution in [0.3, 0.4) is 0 Å². The van der Waals surface area contributed by atoms with E-state index in [2.05, 4.69) is 22.1 Å². The van der Waals surface area contributed by atoms with Gasteiger partial charge in [-0.05, 0) is 43.3 Å². The molecule has 4 nitrogen and oxygen atoms in total. The molecule has 0 saturated heterocycles. The molecule has 8 heteroatoms. The van der Waals surface area contributed by atoms with Crippen molar-refractivity contribution in [2.24, 2.45) is 28.6 Å². The molecule has 0 aromatic heterocycles. The highest BCUT2D eigenvalue weighted by molar-refractivity contribution is 7.96. The molecule has 1 N–H and O–H groups in total. The van der Waals surface area contributed by atoms with E-state index in [9.17, 15) is 14.7 Å². The van der Waals surface area contributed by atoms with Gasteiger partial charge < -0.3 is 9.63 Å². The van der Waals surface area contributed by atoms with Crippen LogP contribution in [0.15, 0.2) is 23.6 Å². The summed E-state index contributed by atoms with van der Waals surface area (Å²) in [5.41, 5.74) is -5.87. The summed E-state index contributed by atoms with van der Waals surface area (Å²) in [6, 6.07) is 0. The molecule has 4 aliphatic carbocycles. The van der Waals surface area contributed by atoms with Crippen LogP contribution in [0.4, 0.5) is 8.78 Å². The van der Waals surface area contributed by atoms with Crippen LogP contribution in [0.2, 0.25) is 0 Å². The summed E-state index contributed by atoms with van der Waals surface area (Å²) in [5.74, 6) is -2.39. The van der Waals surface area contributed by atoms with Gasteiger partial charge in [0.25, 0.3) is 0 Å². The molecule has 160 valence electrons. The highest BCUT2D eigenvalue weighted by Gasteiger charge is 2.76. The molecular weight excluding hydrogens is 417 g/mol. The smallest absolute Gasteiger partial charge is 0.218 e. The first-order valence-electron chi connectivity index (χ1n) is 9.98. The van der Waals surface area contributed by atoms with Crippen molar-refractivity contribution in [1.82, 2.24) is 0 Å². The van der Waals surface area contributed by atoms with Crippen LogP contribution in [-0.4, -0.2) is 33.4 Å². The van der Waals surface area contributed by atoms with E-state index in [4.69, 9.17) is 4.52 Å². The van der Waals surface area contributed by atoms with Gasteiger partial charge >= 0.3 is 0 Å². The number of allylic oxidation sites excluding steroid dienone is 4. The number of fused-ring (bicyclic) bond motifs is 5. The van der Waals surface area contributed by atoms with Gasteiger partial charge in [0.05, 0.1) is 6.10 Å². The largest absolute Gasteiger partial charge is 0.380 e. The first kappa shape index (κ1) is 21.6. The predicted molar refractivity (Wildman–Crippen MR) is 110 cm³/mol. The van der Waals surface area contributed by atoms with Gasteiger partial charge in [-0.3, -0.25) is 9.59 Å². The molecule has 0 radical (unpaired) electrons. The minimum absolute atomic E-state index is 0.0909. The number of aliphatic hydroxyl groups is 1. The van der Waals surface area contributed by atoms with Gasteiger partial charge in [0, 0.05) is 39.1 Å². The van der Waals surface area contributed by atoms with Gasteiger partial charge in [0.15, 0.2) is 11.5 Å². The van der Waals surface area contributed by atoms with E-state index >= 15 is 8.78 Å². The highest BCUT2D eigenvalue weighted by Crippen LogP contribution is 2.71. The molecule has 4 aliphatic rings. The molecule has 0 heterocycles. The van der Waals surface area contributed by atoms with Crippen molar-refractivity contribution >= 4 is 33.0 Å². The van der Waals surface area contributed by atoms with E-state index in [-0.39, 0.29) is 30.6 Å². The molecule has 2 saturated carbocycles. The second kappa shape index (κ2) is 6.44. The lowest BCUT2D eigenvalue weighted by Crippen LogP contribution is -2.69. The number of hydrogen-bond donors (Lipinski definition) is 2. The second-order valence-corrected chi connectivity index (χ2v) is 10.4. The summed E-state index contributed by atoms with van der Waals surface area (Å²) >= 11 is 3.96. The Morgan fingerprint density at radius 1 is 1.38 bits per heavy atom. The summed E-state index contributed by atoms with van der Waals surface area (Å²) in [6.07, 6.45) is 1.98. The van der Waals surface area contributed by atoms with Crippen LogP contribution in [0.25, 0.3) is 0 Å². The molecule has 0 amide bonds. The normalized spacial score (nSPS) is 51.5. The number of rotatable bonds is 2. The van der Waals surface area contributed by atoms with Crippen molar-refractivity contribution in [3.8, 4) is 0 Å². The Morgan fingerprint density at radius 2 is 2.03 bits per heavy atom. The lowest BCUT2D eigenvalue weighted by Gasteiger charge is -2.62. The number of carbonyl (C=O) groups excluding carboxylic acids is 2. The van der Waals surface area contributed by atoms with Crippen molar-refractivity contribution in [3.63, 3.8) is 0 Å². The number of carbonyl (C=O) groups is 2. The van der Waals surface area contributed by atoms with Crippen molar-refractivity contribution in [3.05, 3.63) is 23.6 Å². The van der Waals surface area contributed by atoms with Crippen LogP contribution in [-0.2, 0) is 14.1 Å². The van der Waals surface area contributed by atoms with E-state index in [1.54, 1.807) is 20.8 Å². The minimum Gasteiger partial charge on any atom is -0.380 e. The van der Waals surface area contributed by atoms with Gasteiger partial charge in [0.2, 0.25) is 5.12 Å². The molecule has 0 aliphatic heterocycles. The minimum atomic E-state index is -1.98. The van der Waals surface area contributed by atoms with Crippen LogP contribution < -0.4 is 0 Å². The van der Waals surface area contributed by atoms with E-state index in [0.29, 0.717) is 6.42 Å². The average molecular weight is 444 g/mol. The van der Waals surface area contributed by atoms with Crippen molar-refractivity contribution in [1.29, 1.82) is 0 Å². The number of halogens is 2. The monoisotopic (exact) mass is 444 g/mol. The van der Waals surface area contributed by atoms with Gasteiger partial charge in [-0.15, -0.1) is 12.6 Å². The number of hydrogen-bond acceptors (Lipinski definition) is 4. The zero-order valence-electron chi connectivity index (χ0n) is 16.7. The number of thiol groups is 1. The third-order valence-electron chi connectivity index (χ3n) is 8.71. The fourth-order valence-electron chi connectivity index (χ4n) is 7.08. The van der Waals surface area contributed by atoms with Gasteiger partial charge in [0.1, 0.15) is 11.4 Å². The van der Waals surface area contributed by atoms with E-state index in [0.717, 1.165) is 0 Å². The lowest BCUT2D eigenvalue weighted by atomic mass is 9.45. The third-order valence-corrected chi connectivity index (χ3v) is 9.38. The van der Waals surface area contributed by atoms with Crippen LogP contribution in [0.5, 0.6) is 0 Å². The van der Waals surface area contributed by atoms with Crippen molar-refractivity contribution < 1.29 is 28.0 Å². The van der Waals surface area contributed by atoms with Crippen molar-refractivity contribution in [2.45, 2.75) is 63.8 Å². The zero-order valence-corrected chi connectivity index (χ0v) is 18.8. The fraction of sp³-hybridized carbons (Fsp3) is 0.714. The maximum absolute atomic E-state index is 17.2. The SMILES string of the molecule is C[C@@H]1CC2C3CC(F)=C4CC(=O)C=C[C@]4(C)[C@@]3(F)[C@@H](OP)C[C@]2(C)[C@@]1(O)C(=O)S. The molecule has 29 heavy (non-hydrogen) atoms. The van der Waals surface area contributed by atoms with Gasteiger partial charge in [-0.2, -0.15) is 0 Å². The Balaban J connectivity index is 1.93. The standard InChI is InChI=1S/C21H27F2O4PS/c1-10-6-12-13-8-15(22)14-7-11(24)4-5-18(14,2)20(13,23)16(27-28)9-19(12,3)21(10,26)17(25)29/h4-5,10,12-13,16,26H,6-9,28H2,1-3H3,(H,25,29)/t10-,12?,13?,16+,18+,19+,20+,21+/m1/s1. The summed E-state index contributed by atoms with van der Waals surface area (Å²) in [4.78, 5) is 24.3. The molecule has 0 bridgehead atoms.